The van der Waals surface area contributed by atoms with Gasteiger partial charge < -0.3 is 10.6 Å². The van der Waals surface area contributed by atoms with E-state index in [1.165, 1.54) is 12.8 Å². The van der Waals surface area contributed by atoms with E-state index in [9.17, 15) is 4.79 Å². The SMILES string of the molecule is NC(=O)c1nc(-c2ccccc2)cnc1N1CCCCCC1. The molecule has 2 N–H and O–H groups in total. The molecule has 0 radical (unpaired) electrons. The molecule has 3 rings (SSSR count). The Morgan fingerprint density at radius 3 is 2.36 bits per heavy atom. The maximum atomic E-state index is 11.8. The number of hydrogen-bond acceptors (Lipinski definition) is 4. The van der Waals surface area contributed by atoms with Gasteiger partial charge in [0.05, 0.1) is 11.9 Å². The molecular formula is C17H20N4O. The maximum absolute atomic E-state index is 11.8. The number of carbonyl (C=O) groups excluding carboxylic acids is 1. The van der Waals surface area contributed by atoms with Crippen LogP contribution in [0, 0.1) is 0 Å². The molecular weight excluding hydrogens is 276 g/mol. The van der Waals surface area contributed by atoms with Crippen molar-refractivity contribution in [2.24, 2.45) is 5.73 Å². The second-order valence-corrected chi connectivity index (χ2v) is 5.56. The number of rotatable bonds is 3. The zero-order valence-electron chi connectivity index (χ0n) is 12.5. The lowest BCUT2D eigenvalue weighted by molar-refractivity contribution is 0.0996. The van der Waals surface area contributed by atoms with Crippen molar-refractivity contribution in [2.75, 3.05) is 18.0 Å². The average molecular weight is 296 g/mol. The third-order valence-electron chi connectivity index (χ3n) is 3.96. The fourth-order valence-corrected chi connectivity index (χ4v) is 2.81. The average Bonchev–Trinajstić information content (AvgIpc) is 2.84. The van der Waals surface area contributed by atoms with Gasteiger partial charge in [-0.25, -0.2) is 9.97 Å². The Morgan fingerprint density at radius 2 is 1.73 bits per heavy atom. The number of carbonyl (C=O) groups is 1. The second kappa shape index (κ2) is 6.56. The summed E-state index contributed by atoms with van der Waals surface area (Å²) < 4.78 is 0. The summed E-state index contributed by atoms with van der Waals surface area (Å²) in [5.74, 6) is 0.0959. The van der Waals surface area contributed by atoms with Crippen molar-refractivity contribution in [3.05, 3.63) is 42.2 Å². The number of amides is 1. The van der Waals surface area contributed by atoms with Crippen molar-refractivity contribution in [2.45, 2.75) is 25.7 Å². The fraction of sp³-hybridized carbons (Fsp3) is 0.353. The molecule has 0 saturated carbocycles. The minimum Gasteiger partial charge on any atom is -0.364 e. The van der Waals surface area contributed by atoms with Crippen LogP contribution in [-0.2, 0) is 0 Å². The van der Waals surface area contributed by atoms with E-state index in [0.29, 0.717) is 11.5 Å². The van der Waals surface area contributed by atoms with E-state index >= 15 is 0 Å². The van der Waals surface area contributed by atoms with Crippen LogP contribution in [0.15, 0.2) is 36.5 Å². The molecule has 22 heavy (non-hydrogen) atoms. The smallest absolute Gasteiger partial charge is 0.271 e. The number of nitrogens with two attached hydrogens (primary N) is 1. The van der Waals surface area contributed by atoms with Crippen LogP contribution in [-0.4, -0.2) is 29.0 Å². The van der Waals surface area contributed by atoms with Crippen LogP contribution >= 0.6 is 0 Å². The van der Waals surface area contributed by atoms with Crippen LogP contribution in [0.1, 0.15) is 36.2 Å². The van der Waals surface area contributed by atoms with Crippen molar-refractivity contribution in [3.8, 4) is 11.3 Å². The van der Waals surface area contributed by atoms with Crippen molar-refractivity contribution >= 4 is 11.7 Å². The van der Waals surface area contributed by atoms with E-state index in [2.05, 4.69) is 14.9 Å². The van der Waals surface area contributed by atoms with Gasteiger partial charge in [0.15, 0.2) is 11.5 Å². The highest BCUT2D eigenvalue weighted by molar-refractivity contribution is 5.96. The van der Waals surface area contributed by atoms with Gasteiger partial charge in [0.25, 0.3) is 5.91 Å². The molecule has 1 amide bonds. The molecule has 0 unspecified atom stereocenters. The molecule has 1 fully saturated rings. The molecule has 114 valence electrons. The Hall–Kier alpha value is -2.43. The number of anilines is 1. The largest absolute Gasteiger partial charge is 0.364 e. The quantitative estimate of drug-likeness (QED) is 0.945. The van der Waals surface area contributed by atoms with E-state index < -0.39 is 5.91 Å². The molecule has 0 atom stereocenters. The van der Waals surface area contributed by atoms with Gasteiger partial charge in [-0.1, -0.05) is 43.2 Å². The van der Waals surface area contributed by atoms with Gasteiger partial charge in [0.2, 0.25) is 0 Å². The lowest BCUT2D eigenvalue weighted by Crippen LogP contribution is -2.29. The summed E-state index contributed by atoms with van der Waals surface area (Å²) in [4.78, 5) is 22.9. The normalized spacial score (nSPS) is 15.4. The van der Waals surface area contributed by atoms with Crippen molar-refractivity contribution in [3.63, 3.8) is 0 Å². The summed E-state index contributed by atoms with van der Waals surface area (Å²) >= 11 is 0. The van der Waals surface area contributed by atoms with Crippen LogP contribution in [0.3, 0.4) is 0 Å². The van der Waals surface area contributed by atoms with Crippen molar-refractivity contribution in [1.82, 2.24) is 9.97 Å². The molecule has 1 aromatic heterocycles. The minimum absolute atomic E-state index is 0.267. The van der Waals surface area contributed by atoms with Gasteiger partial charge in [-0.15, -0.1) is 0 Å². The number of benzene rings is 1. The van der Waals surface area contributed by atoms with Gasteiger partial charge in [-0.3, -0.25) is 4.79 Å². The summed E-state index contributed by atoms with van der Waals surface area (Å²) in [6, 6.07) is 9.70. The third-order valence-corrected chi connectivity index (χ3v) is 3.96. The highest BCUT2D eigenvalue weighted by Crippen LogP contribution is 2.23. The third kappa shape index (κ3) is 3.08. The van der Waals surface area contributed by atoms with Gasteiger partial charge in [0, 0.05) is 18.7 Å². The van der Waals surface area contributed by atoms with Crippen molar-refractivity contribution < 1.29 is 4.79 Å². The van der Waals surface area contributed by atoms with E-state index in [4.69, 9.17) is 5.73 Å². The monoisotopic (exact) mass is 296 g/mol. The Balaban J connectivity index is 1.98. The standard InChI is InChI=1S/C17H20N4O/c18-16(22)15-17(21-10-6-1-2-7-11-21)19-12-14(20-15)13-8-4-3-5-9-13/h3-5,8-9,12H,1-2,6-7,10-11H2,(H2,18,22). The second-order valence-electron chi connectivity index (χ2n) is 5.56. The number of aromatic nitrogens is 2. The number of hydrogen-bond donors (Lipinski definition) is 1. The highest BCUT2D eigenvalue weighted by atomic mass is 16.1. The molecule has 1 aliphatic rings. The van der Waals surface area contributed by atoms with Gasteiger partial charge in [-0.2, -0.15) is 0 Å². The fourth-order valence-electron chi connectivity index (χ4n) is 2.81. The first kappa shape index (κ1) is 14.5. The Labute approximate surface area is 130 Å². The minimum atomic E-state index is -0.524. The van der Waals surface area contributed by atoms with Crippen LogP contribution in [0.4, 0.5) is 5.82 Å². The molecule has 0 bridgehead atoms. The zero-order valence-corrected chi connectivity index (χ0v) is 12.5. The summed E-state index contributed by atoms with van der Waals surface area (Å²) in [6.07, 6.45) is 6.39. The molecule has 5 heteroatoms. The predicted octanol–water partition coefficient (Wildman–Crippen LogP) is 2.62. The molecule has 1 aliphatic heterocycles. The van der Waals surface area contributed by atoms with E-state index in [0.717, 1.165) is 31.5 Å². The van der Waals surface area contributed by atoms with E-state index in [1.807, 2.05) is 30.3 Å². The van der Waals surface area contributed by atoms with Crippen molar-refractivity contribution in [1.29, 1.82) is 0 Å². The molecule has 1 aromatic carbocycles. The summed E-state index contributed by atoms with van der Waals surface area (Å²) in [7, 11) is 0. The van der Waals surface area contributed by atoms with Gasteiger partial charge in [-0.05, 0) is 12.8 Å². The van der Waals surface area contributed by atoms with Gasteiger partial charge in [0.1, 0.15) is 0 Å². The Kier molecular flexibility index (Phi) is 4.32. The highest BCUT2D eigenvalue weighted by Gasteiger charge is 2.20. The first-order chi connectivity index (χ1) is 10.8. The topological polar surface area (TPSA) is 72.1 Å². The van der Waals surface area contributed by atoms with E-state index in [1.54, 1.807) is 6.20 Å². The molecule has 5 nitrogen and oxygen atoms in total. The number of primary amides is 1. The zero-order chi connectivity index (χ0) is 15.4. The molecule has 0 spiro atoms. The number of nitrogens with zero attached hydrogens (tertiary/aromatic N) is 3. The predicted molar refractivity (Wildman–Crippen MR) is 86.7 cm³/mol. The van der Waals surface area contributed by atoms with Crippen LogP contribution in [0.2, 0.25) is 0 Å². The van der Waals surface area contributed by atoms with Gasteiger partial charge >= 0.3 is 0 Å². The van der Waals surface area contributed by atoms with E-state index in [-0.39, 0.29) is 5.69 Å². The summed E-state index contributed by atoms with van der Waals surface area (Å²) in [5.41, 5.74) is 7.41. The maximum Gasteiger partial charge on any atom is 0.271 e. The Bertz CT molecular complexity index is 649. The molecule has 0 aliphatic carbocycles. The van der Waals surface area contributed by atoms with Crippen LogP contribution in [0.25, 0.3) is 11.3 Å². The molecule has 2 heterocycles. The molecule has 2 aromatic rings. The lowest BCUT2D eigenvalue weighted by Gasteiger charge is -2.23. The summed E-state index contributed by atoms with van der Waals surface area (Å²) in [6.45, 7) is 1.80. The molecule has 1 saturated heterocycles. The van der Waals surface area contributed by atoms with Crippen LogP contribution in [0.5, 0.6) is 0 Å². The lowest BCUT2D eigenvalue weighted by atomic mass is 10.1. The Morgan fingerprint density at radius 1 is 1.05 bits per heavy atom. The first-order valence-corrected chi connectivity index (χ1v) is 7.73. The first-order valence-electron chi connectivity index (χ1n) is 7.73. The summed E-state index contributed by atoms with van der Waals surface area (Å²) in [5, 5.41) is 0. The van der Waals surface area contributed by atoms with Crippen LogP contribution < -0.4 is 10.6 Å².